The van der Waals surface area contributed by atoms with Crippen LogP contribution in [-0.4, -0.2) is 32.7 Å². The third-order valence-corrected chi connectivity index (χ3v) is 4.33. The highest BCUT2D eigenvalue weighted by molar-refractivity contribution is 7.90. The van der Waals surface area contributed by atoms with Crippen molar-refractivity contribution in [2.24, 2.45) is 0 Å². The number of fused-ring (bicyclic) bond motifs is 1. The number of nitrogens with zero attached hydrogens (tertiary/aromatic N) is 5. The van der Waals surface area contributed by atoms with E-state index in [9.17, 15) is 18.5 Å². The van der Waals surface area contributed by atoms with Crippen molar-refractivity contribution in [2.45, 2.75) is 4.90 Å². The van der Waals surface area contributed by atoms with Gasteiger partial charge in [0.25, 0.3) is 15.7 Å². The SMILES string of the molecule is O=[N+]([O-])c1ccc2c(c1)nnn2S(=O)(=O)c1cccnc1. The minimum Gasteiger partial charge on any atom is -0.263 e. The van der Waals surface area contributed by atoms with Crippen LogP contribution in [0.3, 0.4) is 0 Å². The zero-order valence-corrected chi connectivity index (χ0v) is 11.1. The van der Waals surface area contributed by atoms with Crippen LogP contribution in [0.2, 0.25) is 0 Å². The minimum atomic E-state index is -3.94. The molecule has 106 valence electrons. The Morgan fingerprint density at radius 2 is 2.05 bits per heavy atom. The van der Waals surface area contributed by atoms with E-state index >= 15 is 0 Å². The molecular weight excluding hydrogens is 298 g/mol. The number of aromatic nitrogens is 4. The Morgan fingerprint density at radius 3 is 2.71 bits per heavy atom. The van der Waals surface area contributed by atoms with Gasteiger partial charge in [-0.25, -0.2) is 0 Å². The maximum atomic E-state index is 12.4. The van der Waals surface area contributed by atoms with Gasteiger partial charge >= 0.3 is 0 Å². The lowest BCUT2D eigenvalue weighted by molar-refractivity contribution is -0.384. The van der Waals surface area contributed by atoms with Gasteiger partial charge in [0.05, 0.1) is 4.92 Å². The molecule has 0 fully saturated rings. The van der Waals surface area contributed by atoms with Gasteiger partial charge in [-0.15, -0.1) is 9.19 Å². The fourth-order valence-corrected chi connectivity index (χ4v) is 2.97. The zero-order valence-electron chi connectivity index (χ0n) is 10.3. The molecule has 0 unspecified atom stereocenters. The van der Waals surface area contributed by atoms with Gasteiger partial charge in [0.2, 0.25) is 0 Å². The third kappa shape index (κ3) is 2.10. The maximum absolute atomic E-state index is 12.4. The van der Waals surface area contributed by atoms with Crippen LogP contribution < -0.4 is 0 Å². The van der Waals surface area contributed by atoms with Gasteiger partial charge in [-0.2, -0.15) is 8.42 Å². The number of non-ortho nitro benzene ring substituents is 1. The van der Waals surface area contributed by atoms with Gasteiger partial charge in [-0.3, -0.25) is 15.1 Å². The Morgan fingerprint density at radius 1 is 1.24 bits per heavy atom. The second kappa shape index (κ2) is 4.59. The lowest BCUT2D eigenvalue weighted by Gasteiger charge is -2.03. The summed E-state index contributed by atoms with van der Waals surface area (Å²) in [5.41, 5.74) is 0.0921. The molecule has 0 radical (unpaired) electrons. The Labute approximate surface area is 118 Å². The molecule has 3 aromatic rings. The van der Waals surface area contributed by atoms with Gasteiger partial charge in [0.15, 0.2) is 0 Å². The predicted octanol–water partition coefficient (Wildman–Crippen LogP) is 0.971. The summed E-state index contributed by atoms with van der Waals surface area (Å²) in [4.78, 5) is 13.8. The fraction of sp³-hybridized carbons (Fsp3) is 0. The summed E-state index contributed by atoms with van der Waals surface area (Å²) in [6.45, 7) is 0. The zero-order chi connectivity index (χ0) is 15.0. The quantitative estimate of drug-likeness (QED) is 0.522. The van der Waals surface area contributed by atoms with Crippen LogP contribution in [0.25, 0.3) is 11.0 Å². The van der Waals surface area contributed by atoms with Gasteiger partial charge in [0, 0.05) is 24.5 Å². The summed E-state index contributed by atoms with van der Waals surface area (Å²) < 4.78 is 25.6. The average molecular weight is 305 g/mol. The Bertz CT molecular complexity index is 936. The summed E-state index contributed by atoms with van der Waals surface area (Å²) >= 11 is 0. The molecule has 0 saturated heterocycles. The van der Waals surface area contributed by atoms with Gasteiger partial charge in [-0.05, 0) is 18.2 Å². The molecule has 3 rings (SSSR count). The first-order valence-corrected chi connectivity index (χ1v) is 7.09. The smallest absolute Gasteiger partial charge is 0.263 e. The van der Waals surface area contributed by atoms with Crippen molar-refractivity contribution in [3.63, 3.8) is 0 Å². The first-order valence-electron chi connectivity index (χ1n) is 5.65. The van der Waals surface area contributed by atoms with Crippen LogP contribution in [0, 0.1) is 10.1 Å². The number of nitro groups is 1. The first-order chi connectivity index (χ1) is 10.00. The fourth-order valence-electron chi connectivity index (χ4n) is 1.78. The van der Waals surface area contributed by atoms with Gasteiger partial charge in [0.1, 0.15) is 15.9 Å². The summed E-state index contributed by atoms with van der Waals surface area (Å²) in [6.07, 6.45) is 2.63. The number of rotatable bonds is 3. The molecule has 1 aromatic carbocycles. The number of pyridine rings is 1. The molecule has 0 spiro atoms. The van der Waals surface area contributed by atoms with E-state index in [1.54, 1.807) is 0 Å². The molecule has 0 atom stereocenters. The second-order valence-corrected chi connectivity index (χ2v) is 5.82. The van der Waals surface area contributed by atoms with E-state index in [1.165, 1.54) is 36.7 Å². The van der Waals surface area contributed by atoms with E-state index in [1.807, 2.05) is 0 Å². The molecule has 0 N–H and O–H groups in total. The van der Waals surface area contributed by atoms with Crippen molar-refractivity contribution in [1.29, 1.82) is 0 Å². The molecule has 10 heteroatoms. The maximum Gasteiger partial charge on any atom is 0.286 e. The highest BCUT2D eigenvalue weighted by Crippen LogP contribution is 2.21. The molecule has 0 aliphatic carbocycles. The standard InChI is InChI=1S/C11H7N5O4S/c17-16(18)8-3-4-11-10(6-8)13-14-15(11)21(19,20)9-2-1-5-12-7-9/h1-7H. The molecule has 0 amide bonds. The molecule has 21 heavy (non-hydrogen) atoms. The molecule has 9 nitrogen and oxygen atoms in total. The molecule has 0 saturated carbocycles. The molecule has 0 aliphatic rings. The van der Waals surface area contributed by atoms with E-state index in [0.717, 1.165) is 10.2 Å². The van der Waals surface area contributed by atoms with E-state index in [2.05, 4.69) is 15.3 Å². The molecular formula is C11H7N5O4S. The van der Waals surface area contributed by atoms with Crippen molar-refractivity contribution in [3.8, 4) is 0 Å². The third-order valence-electron chi connectivity index (χ3n) is 2.77. The first kappa shape index (κ1) is 13.1. The summed E-state index contributed by atoms with van der Waals surface area (Å²) in [5, 5.41) is 17.9. The molecule has 0 bridgehead atoms. The van der Waals surface area contributed by atoms with Crippen LogP contribution >= 0.6 is 0 Å². The largest absolute Gasteiger partial charge is 0.286 e. The highest BCUT2D eigenvalue weighted by atomic mass is 32.2. The molecule has 0 aliphatic heterocycles. The van der Waals surface area contributed by atoms with Crippen molar-refractivity contribution in [2.75, 3.05) is 0 Å². The normalized spacial score (nSPS) is 11.6. The predicted molar refractivity (Wildman–Crippen MR) is 71.0 cm³/mol. The van der Waals surface area contributed by atoms with E-state index in [-0.39, 0.29) is 21.6 Å². The summed E-state index contributed by atoms with van der Waals surface area (Å²) in [5.74, 6) is 0. The summed E-state index contributed by atoms with van der Waals surface area (Å²) in [6, 6.07) is 6.51. The van der Waals surface area contributed by atoms with Crippen LogP contribution in [0.5, 0.6) is 0 Å². The van der Waals surface area contributed by atoms with Crippen LogP contribution in [-0.2, 0) is 10.0 Å². The highest BCUT2D eigenvalue weighted by Gasteiger charge is 2.22. The van der Waals surface area contributed by atoms with Gasteiger partial charge < -0.3 is 0 Å². The van der Waals surface area contributed by atoms with Crippen molar-refractivity contribution in [3.05, 3.63) is 52.8 Å². The monoisotopic (exact) mass is 305 g/mol. The van der Waals surface area contributed by atoms with E-state index < -0.39 is 14.9 Å². The minimum absolute atomic E-state index is 0.0462. The molecule has 2 aromatic heterocycles. The summed E-state index contributed by atoms with van der Waals surface area (Å²) in [7, 11) is -3.94. The number of hydrogen-bond acceptors (Lipinski definition) is 7. The van der Waals surface area contributed by atoms with Crippen molar-refractivity contribution >= 4 is 26.7 Å². The van der Waals surface area contributed by atoms with Crippen LogP contribution in [0.15, 0.2) is 47.6 Å². The van der Waals surface area contributed by atoms with E-state index in [4.69, 9.17) is 0 Å². The van der Waals surface area contributed by atoms with Crippen LogP contribution in [0.1, 0.15) is 0 Å². The van der Waals surface area contributed by atoms with Crippen molar-refractivity contribution < 1.29 is 13.3 Å². The van der Waals surface area contributed by atoms with Crippen molar-refractivity contribution in [1.82, 2.24) is 19.4 Å². The lowest BCUT2D eigenvalue weighted by atomic mass is 10.3. The van der Waals surface area contributed by atoms with E-state index in [0.29, 0.717) is 0 Å². The van der Waals surface area contributed by atoms with Crippen LogP contribution in [0.4, 0.5) is 5.69 Å². The molecule has 2 heterocycles. The Balaban J connectivity index is 2.20. The number of hydrogen-bond donors (Lipinski definition) is 0. The Kier molecular flexibility index (Phi) is 2.87. The lowest BCUT2D eigenvalue weighted by Crippen LogP contribution is -2.14. The number of benzene rings is 1. The Hall–Kier alpha value is -2.88. The average Bonchev–Trinajstić information content (AvgIpc) is 2.91. The second-order valence-electron chi connectivity index (χ2n) is 4.06. The number of nitro benzene ring substituents is 1. The van der Waals surface area contributed by atoms with Gasteiger partial charge in [-0.1, -0.05) is 5.21 Å². The topological polar surface area (TPSA) is 121 Å².